The van der Waals surface area contributed by atoms with E-state index in [0.717, 1.165) is 5.56 Å². The minimum absolute atomic E-state index is 0. The monoisotopic (exact) mass is 169 g/mol. The van der Waals surface area contributed by atoms with E-state index in [4.69, 9.17) is 5.11 Å². The van der Waals surface area contributed by atoms with Crippen molar-refractivity contribution in [2.45, 2.75) is 6.92 Å². The molecule has 0 amide bonds. The summed E-state index contributed by atoms with van der Waals surface area (Å²) >= 11 is 0. The maximum Gasteiger partial charge on any atom is 0.335 e. The van der Waals surface area contributed by atoms with Gasteiger partial charge in [-0.25, -0.2) is 4.79 Å². The van der Waals surface area contributed by atoms with Gasteiger partial charge < -0.3 is 16.4 Å². The lowest BCUT2D eigenvalue weighted by Gasteiger charge is -2.09. The summed E-state index contributed by atoms with van der Waals surface area (Å²) in [6.07, 6.45) is 0. The van der Waals surface area contributed by atoms with Gasteiger partial charge in [-0.15, -0.1) is 0 Å². The van der Waals surface area contributed by atoms with Gasteiger partial charge in [-0.1, -0.05) is 23.4 Å². The Kier molecular flexibility index (Phi) is 3.25. The van der Waals surface area contributed by atoms with Crippen LogP contribution in [0.2, 0.25) is 0 Å². The highest BCUT2D eigenvalue weighted by molar-refractivity contribution is 5.90. The van der Waals surface area contributed by atoms with Gasteiger partial charge in [-0.3, -0.25) is 0 Å². The first-order chi connectivity index (χ1) is 5.11. The number of aryl methyl sites for hydroxylation is 1. The van der Waals surface area contributed by atoms with Gasteiger partial charge in [-0.2, -0.15) is 0 Å². The van der Waals surface area contributed by atoms with Crippen LogP contribution in [0.3, 0.4) is 0 Å². The predicted octanol–water partition coefficient (Wildman–Crippen LogP) is 1.14. The molecule has 4 heteroatoms. The number of rotatable bonds is 1. The van der Waals surface area contributed by atoms with Gasteiger partial charge in [-0.05, 0) is 13.0 Å². The minimum atomic E-state index is -1.17. The highest BCUT2D eigenvalue weighted by atomic mass is 16.4. The maximum atomic E-state index is 10.8. The van der Waals surface area contributed by atoms with Gasteiger partial charge in [0.2, 0.25) is 0 Å². The summed E-state index contributed by atoms with van der Waals surface area (Å²) < 4.78 is 0. The van der Waals surface area contributed by atoms with Crippen LogP contribution >= 0.6 is 0 Å². The summed E-state index contributed by atoms with van der Waals surface area (Å²) in [6.45, 7) is 1.74. The largest absolute Gasteiger partial charge is 0.872 e. The number of aromatic carboxylic acids is 1. The molecule has 0 fully saturated rings. The van der Waals surface area contributed by atoms with Crippen molar-refractivity contribution < 1.29 is 15.0 Å². The van der Waals surface area contributed by atoms with E-state index in [9.17, 15) is 9.90 Å². The molecule has 0 saturated carbocycles. The second kappa shape index (κ2) is 3.73. The van der Waals surface area contributed by atoms with Crippen molar-refractivity contribution in [1.29, 1.82) is 0 Å². The van der Waals surface area contributed by atoms with Crippen LogP contribution in [0, 0.1) is 6.92 Å². The van der Waals surface area contributed by atoms with Crippen molar-refractivity contribution >= 4 is 5.97 Å². The zero-order valence-electron chi connectivity index (χ0n) is 7.00. The van der Waals surface area contributed by atoms with E-state index in [0.29, 0.717) is 0 Å². The van der Waals surface area contributed by atoms with Gasteiger partial charge in [0.1, 0.15) is 0 Å². The smallest absolute Gasteiger partial charge is 0.335 e. The first-order valence-electron chi connectivity index (χ1n) is 3.12. The van der Waals surface area contributed by atoms with Crippen LogP contribution < -0.4 is 11.3 Å². The lowest BCUT2D eigenvalue weighted by molar-refractivity contribution is -0.268. The van der Waals surface area contributed by atoms with Crippen LogP contribution in [0.5, 0.6) is 5.75 Å². The van der Waals surface area contributed by atoms with E-state index >= 15 is 0 Å². The molecule has 0 spiro atoms. The molecule has 0 radical (unpaired) electrons. The summed E-state index contributed by atoms with van der Waals surface area (Å²) in [5.41, 5.74) is 0.618. The van der Waals surface area contributed by atoms with E-state index in [2.05, 4.69) is 0 Å². The Balaban J connectivity index is 0.00000121. The Labute approximate surface area is 70.0 Å². The number of quaternary nitrogens is 1. The van der Waals surface area contributed by atoms with Gasteiger partial charge in [0.15, 0.2) is 0 Å². The molecule has 0 unspecified atom stereocenters. The van der Waals surface area contributed by atoms with Crippen molar-refractivity contribution in [3.8, 4) is 5.75 Å². The molecule has 1 aromatic carbocycles. The summed E-state index contributed by atoms with van der Waals surface area (Å²) in [7, 11) is 0. The molecular formula is C8H11NO3. The molecule has 4 nitrogen and oxygen atoms in total. The molecule has 0 aromatic heterocycles. The van der Waals surface area contributed by atoms with Crippen LogP contribution in [0.1, 0.15) is 15.9 Å². The second-order valence-corrected chi connectivity index (χ2v) is 2.30. The molecule has 0 heterocycles. The fourth-order valence-electron chi connectivity index (χ4n) is 0.811. The molecular weight excluding hydrogens is 158 g/mol. The fourth-order valence-corrected chi connectivity index (χ4v) is 0.811. The van der Waals surface area contributed by atoms with E-state index in [1.54, 1.807) is 13.0 Å². The number of hydrogen-bond donors (Lipinski definition) is 2. The number of carbonyl (C=O) groups is 1. The van der Waals surface area contributed by atoms with Crippen LogP contribution in [0.25, 0.3) is 0 Å². The Morgan fingerprint density at radius 3 is 2.50 bits per heavy atom. The van der Waals surface area contributed by atoms with E-state index in [-0.39, 0.29) is 11.7 Å². The molecule has 12 heavy (non-hydrogen) atoms. The molecule has 0 saturated heterocycles. The Morgan fingerprint density at radius 1 is 1.50 bits per heavy atom. The van der Waals surface area contributed by atoms with Crippen LogP contribution in [0.4, 0.5) is 0 Å². The van der Waals surface area contributed by atoms with Gasteiger partial charge in [0.05, 0.1) is 5.56 Å². The molecule has 0 aliphatic carbocycles. The molecule has 0 atom stereocenters. The van der Waals surface area contributed by atoms with Crippen molar-refractivity contribution in [3.05, 3.63) is 29.3 Å². The number of hydrogen-bond acceptors (Lipinski definition) is 2. The Hall–Kier alpha value is -1.55. The summed E-state index contributed by atoms with van der Waals surface area (Å²) in [5, 5.41) is 19.3. The third-order valence-corrected chi connectivity index (χ3v) is 1.37. The van der Waals surface area contributed by atoms with Crippen LogP contribution in [-0.4, -0.2) is 11.1 Å². The average Bonchev–Trinajstić information content (AvgIpc) is 1.94. The summed E-state index contributed by atoms with van der Waals surface area (Å²) in [5.74, 6) is -1.61. The molecule has 0 aliphatic heterocycles. The third-order valence-electron chi connectivity index (χ3n) is 1.37. The maximum absolute atomic E-state index is 10.8. The molecule has 5 N–H and O–H groups in total. The molecule has 0 aliphatic rings. The first kappa shape index (κ1) is 10.4. The minimum Gasteiger partial charge on any atom is -0.872 e. The van der Waals surface area contributed by atoms with Crippen molar-refractivity contribution in [3.63, 3.8) is 0 Å². The summed E-state index contributed by atoms with van der Waals surface area (Å²) in [4.78, 5) is 10.4. The fraction of sp³-hybridized carbons (Fsp3) is 0.125. The average molecular weight is 169 g/mol. The highest BCUT2D eigenvalue weighted by Crippen LogP contribution is 2.14. The molecule has 0 bridgehead atoms. The van der Waals surface area contributed by atoms with Gasteiger partial charge >= 0.3 is 5.97 Å². The SMILES string of the molecule is Cc1ccc([O-])c(C(=O)O)c1.[NH4+]. The zero-order valence-corrected chi connectivity index (χ0v) is 7.00. The van der Waals surface area contributed by atoms with E-state index in [1.807, 2.05) is 0 Å². The summed E-state index contributed by atoms with van der Waals surface area (Å²) in [6, 6.07) is 4.22. The third kappa shape index (κ3) is 1.96. The molecule has 66 valence electrons. The Bertz CT molecular complexity index is 296. The van der Waals surface area contributed by atoms with Crippen molar-refractivity contribution in [2.75, 3.05) is 0 Å². The molecule has 1 aromatic rings. The second-order valence-electron chi connectivity index (χ2n) is 2.30. The standard InChI is InChI=1S/C8H8O3.H3N/c1-5-2-3-7(9)6(4-5)8(10)11;/h2-4,9H,1H3,(H,10,11);1H3. The van der Waals surface area contributed by atoms with Crippen LogP contribution in [-0.2, 0) is 0 Å². The Morgan fingerprint density at radius 2 is 2.08 bits per heavy atom. The lowest BCUT2D eigenvalue weighted by atomic mass is 10.1. The number of benzene rings is 1. The highest BCUT2D eigenvalue weighted by Gasteiger charge is 2.02. The lowest BCUT2D eigenvalue weighted by Crippen LogP contribution is -2.03. The zero-order chi connectivity index (χ0) is 8.43. The molecule has 1 rings (SSSR count). The normalized spacial score (nSPS) is 8.75. The van der Waals surface area contributed by atoms with Gasteiger partial charge in [0, 0.05) is 0 Å². The van der Waals surface area contributed by atoms with Crippen molar-refractivity contribution in [2.24, 2.45) is 0 Å². The number of carboxylic acids is 1. The van der Waals surface area contributed by atoms with Crippen molar-refractivity contribution in [1.82, 2.24) is 6.15 Å². The predicted molar refractivity (Wildman–Crippen MR) is 43.6 cm³/mol. The van der Waals surface area contributed by atoms with Crippen LogP contribution in [0.15, 0.2) is 18.2 Å². The van der Waals surface area contributed by atoms with E-state index < -0.39 is 11.7 Å². The van der Waals surface area contributed by atoms with E-state index in [1.165, 1.54) is 12.1 Å². The first-order valence-corrected chi connectivity index (χ1v) is 3.12. The number of carboxylic acid groups (broad SMARTS) is 1. The quantitative estimate of drug-likeness (QED) is 0.659. The van der Waals surface area contributed by atoms with Gasteiger partial charge in [0.25, 0.3) is 0 Å². The topological polar surface area (TPSA) is 96.9 Å².